The molecule has 0 aliphatic rings. The third-order valence-corrected chi connectivity index (χ3v) is 4.54. The molecule has 2 rings (SSSR count). The SMILES string of the molecule is CCc1nn(C)c(CC(O)c2cccc(F)c2Cl)c1Br. The van der Waals surface area contributed by atoms with E-state index >= 15 is 0 Å². The summed E-state index contributed by atoms with van der Waals surface area (Å²) in [5.74, 6) is -0.526. The maximum Gasteiger partial charge on any atom is 0.142 e. The van der Waals surface area contributed by atoms with E-state index in [0.29, 0.717) is 12.0 Å². The molecule has 0 saturated carbocycles. The highest BCUT2D eigenvalue weighted by atomic mass is 79.9. The molecule has 1 heterocycles. The van der Waals surface area contributed by atoms with Crippen LogP contribution in [-0.4, -0.2) is 14.9 Å². The molecule has 2 aromatic rings. The second kappa shape index (κ2) is 6.24. The van der Waals surface area contributed by atoms with Gasteiger partial charge in [-0.1, -0.05) is 30.7 Å². The Kier molecular flexibility index (Phi) is 4.83. The van der Waals surface area contributed by atoms with Gasteiger partial charge < -0.3 is 5.11 Å². The van der Waals surface area contributed by atoms with Crippen molar-refractivity contribution in [2.24, 2.45) is 7.05 Å². The molecule has 0 radical (unpaired) electrons. The van der Waals surface area contributed by atoms with E-state index in [1.165, 1.54) is 12.1 Å². The standard InChI is InChI=1S/C14H15BrClFN2O/c1-3-10-13(15)11(19(2)18-10)7-12(20)8-5-4-6-9(17)14(8)16/h4-6,12,20H,3,7H2,1-2H3. The highest BCUT2D eigenvalue weighted by Crippen LogP contribution is 2.30. The van der Waals surface area contributed by atoms with E-state index in [1.54, 1.807) is 10.7 Å². The van der Waals surface area contributed by atoms with Gasteiger partial charge in [0.05, 0.1) is 27.0 Å². The molecule has 1 N–H and O–H groups in total. The minimum atomic E-state index is -0.880. The number of hydrogen-bond acceptors (Lipinski definition) is 2. The molecule has 1 aromatic heterocycles. The zero-order valence-corrected chi connectivity index (χ0v) is 13.5. The average Bonchev–Trinajstić information content (AvgIpc) is 2.69. The maximum atomic E-state index is 13.4. The maximum absolute atomic E-state index is 13.4. The number of aliphatic hydroxyl groups excluding tert-OH is 1. The van der Waals surface area contributed by atoms with Crippen LogP contribution in [0.15, 0.2) is 22.7 Å². The number of halogens is 3. The Balaban J connectivity index is 2.30. The number of aryl methyl sites for hydroxylation is 2. The van der Waals surface area contributed by atoms with Crippen molar-refractivity contribution < 1.29 is 9.50 Å². The predicted molar refractivity (Wildman–Crippen MR) is 80.4 cm³/mol. The van der Waals surface area contributed by atoms with Crippen molar-refractivity contribution in [1.29, 1.82) is 0 Å². The number of aliphatic hydroxyl groups is 1. The first-order chi connectivity index (χ1) is 9.45. The molecule has 0 aliphatic heterocycles. The van der Waals surface area contributed by atoms with Crippen LogP contribution in [0.25, 0.3) is 0 Å². The Hall–Kier alpha value is -0.910. The van der Waals surface area contributed by atoms with Crippen LogP contribution in [0, 0.1) is 5.82 Å². The van der Waals surface area contributed by atoms with Crippen molar-refractivity contribution in [3.63, 3.8) is 0 Å². The van der Waals surface area contributed by atoms with Crippen LogP contribution in [0.4, 0.5) is 4.39 Å². The van der Waals surface area contributed by atoms with Crippen LogP contribution in [-0.2, 0) is 19.9 Å². The molecular formula is C14H15BrClFN2O. The highest BCUT2D eigenvalue weighted by molar-refractivity contribution is 9.10. The largest absolute Gasteiger partial charge is 0.388 e. The van der Waals surface area contributed by atoms with E-state index in [9.17, 15) is 9.50 Å². The topological polar surface area (TPSA) is 38.0 Å². The predicted octanol–water partition coefficient (Wildman–Crippen LogP) is 3.81. The van der Waals surface area contributed by atoms with Crippen LogP contribution in [0.3, 0.4) is 0 Å². The molecule has 0 fully saturated rings. The van der Waals surface area contributed by atoms with Crippen molar-refractivity contribution in [3.05, 3.63) is 50.5 Å². The van der Waals surface area contributed by atoms with Crippen LogP contribution >= 0.6 is 27.5 Å². The number of benzene rings is 1. The minimum absolute atomic E-state index is 0.0333. The minimum Gasteiger partial charge on any atom is -0.388 e. The summed E-state index contributed by atoms with van der Waals surface area (Å²) in [6.45, 7) is 2.01. The van der Waals surface area contributed by atoms with Gasteiger partial charge in [0, 0.05) is 19.0 Å². The third-order valence-electron chi connectivity index (χ3n) is 3.23. The third kappa shape index (κ3) is 2.90. The van der Waals surface area contributed by atoms with E-state index in [0.717, 1.165) is 22.3 Å². The number of aromatic nitrogens is 2. The summed E-state index contributed by atoms with van der Waals surface area (Å²) in [5, 5.41) is 14.6. The van der Waals surface area contributed by atoms with Crippen LogP contribution in [0.5, 0.6) is 0 Å². The van der Waals surface area contributed by atoms with Crippen molar-refractivity contribution in [3.8, 4) is 0 Å². The zero-order valence-electron chi connectivity index (χ0n) is 11.2. The Labute approximate surface area is 130 Å². The first-order valence-electron chi connectivity index (χ1n) is 6.27. The van der Waals surface area contributed by atoms with Crippen molar-refractivity contribution in [1.82, 2.24) is 9.78 Å². The van der Waals surface area contributed by atoms with Crippen LogP contribution in [0.1, 0.15) is 30.0 Å². The monoisotopic (exact) mass is 360 g/mol. The van der Waals surface area contributed by atoms with Gasteiger partial charge in [-0.3, -0.25) is 4.68 Å². The van der Waals surface area contributed by atoms with E-state index in [1.807, 2.05) is 14.0 Å². The average molecular weight is 362 g/mol. The summed E-state index contributed by atoms with van der Waals surface area (Å²) in [6, 6.07) is 4.43. The lowest BCUT2D eigenvalue weighted by Crippen LogP contribution is -2.08. The van der Waals surface area contributed by atoms with Gasteiger partial charge in [0.2, 0.25) is 0 Å². The molecule has 0 spiro atoms. The summed E-state index contributed by atoms with van der Waals surface area (Å²) in [4.78, 5) is 0. The second-order valence-electron chi connectivity index (χ2n) is 4.55. The molecule has 1 aromatic carbocycles. The molecule has 0 aliphatic carbocycles. The molecule has 108 valence electrons. The summed E-state index contributed by atoms with van der Waals surface area (Å²) in [6.07, 6.45) is 0.230. The quantitative estimate of drug-likeness (QED) is 0.899. The van der Waals surface area contributed by atoms with Gasteiger partial charge in [0.25, 0.3) is 0 Å². The summed E-state index contributed by atoms with van der Waals surface area (Å²) < 4.78 is 16.0. The summed E-state index contributed by atoms with van der Waals surface area (Å²) >= 11 is 9.39. The smallest absolute Gasteiger partial charge is 0.142 e. The Morgan fingerprint density at radius 1 is 1.50 bits per heavy atom. The molecular weight excluding hydrogens is 347 g/mol. The van der Waals surface area contributed by atoms with Crippen LogP contribution in [0.2, 0.25) is 5.02 Å². The summed E-state index contributed by atoms with van der Waals surface area (Å²) in [5.41, 5.74) is 2.17. The van der Waals surface area contributed by atoms with E-state index in [2.05, 4.69) is 21.0 Å². The fourth-order valence-corrected chi connectivity index (χ4v) is 3.14. The molecule has 0 amide bonds. The zero-order chi connectivity index (χ0) is 14.9. The lowest BCUT2D eigenvalue weighted by atomic mass is 10.0. The molecule has 20 heavy (non-hydrogen) atoms. The first-order valence-corrected chi connectivity index (χ1v) is 7.45. The first kappa shape index (κ1) is 15.5. The summed E-state index contributed by atoms with van der Waals surface area (Å²) in [7, 11) is 1.82. The van der Waals surface area contributed by atoms with E-state index in [4.69, 9.17) is 11.6 Å². The molecule has 0 bridgehead atoms. The molecule has 3 nitrogen and oxygen atoms in total. The van der Waals surface area contributed by atoms with E-state index < -0.39 is 11.9 Å². The van der Waals surface area contributed by atoms with Crippen molar-refractivity contribution in [2.75, 3.05) is 0 Å². The lowest BCUT2D eigenvalue weighted by molar-refractivity contribution is 0.175. The van der Waals surface area contributed by atoms with Gasteiger partial charge in [-0.05, 0) is 28.4 Å². The normalized spacial score (nSPS) is 12.7. The second-order valence-corrected chi connectivity index (χ2v) is 5.72. The molecule has 1 unspecified atom stereocenters. The van der Waals surface area contributed by atoms with Gasteiger partial charge in [-0.15, -0.1) is 0 Å². The van der Waals surface area contributed by atoms with Crippen molar-refractivity contribution in [2.45, 2.75) is 25.9 Å². The number of nitrogens with zero attached hydrogens (tertiary/aromatic N) is 2. The van der Waals surface area contributed by atoms with Gasteiger partial charge in [0.1, 0.15) is 5.82 Å². The fraction of sp³-hybridized carbons (Fsp3) is 0.357. The molecule has 6 heteroatoms. The van der Waals surface area contributed by atoms with Gasteiger partial charge in [0.15, 0.2) is 0 Å². The number of rotatable bonds is 4. The van der Waals surface area contributed by atoms with Gasteiger partial charge in [-0.25, -0.2) is 4.39 Å². The van der Waals surface area contributed by atoms with E-state index in [-0.39, 0.29) is 5.02 Å². The van der Waals surface area contributed by atoms with Crippen LogP contribution < -0.4 is 0 Å². The Morgan fingerprint density at radius 2 is 2.20 bits per heavy atom. The molecule has 0 saturated heterocycles. The Morgan fingerprint density at radius 3 is 2.80 bits per heavy atom. The fourth-order valence-electron chi connectivity index (χ4n) is 2.11. The van der Waals surface area contributed by atoms with Crippen molar-refractivity contribution >= 4 is 27.5 Å². The van der Waals surface area contributed by atoms with Gasteiger partial charge in [-0.2, -0.15) is 5.10 Å². The van der Waals surface area contributed by atoms with Gasteiger partial charge >= 0.3 is 0 Å². The molecule has 1 atom stereocenters. The number of hydrogen-bond donors (Lipinski definition) is 1. The highest BCUT2D eigenvalue weighted by Gasteiger charge is 2.20. The Bertz CT molecular complexity index is 630. The lowest BCUT2D eigenvalue weighted by Gasteiger charge is -2.13.